The van der Waals surface area contributed by atoms with Crippen LogP contribution in [-0.4, -0.2) is 17.2 Å². The second kappa shape index (κ2) is 5.96. The van der Waals surface area contributed by atoms with Gasteiger partial charge in [0, 0.05) is 36.2 Å². The Morgan fingerprint density at radius 2 is 2.10 bits per heavy atom. The summed E-state index contributed by atoms with van der Waals surface area (Å²) in [5.41, 5.74) is 1.12. The van der Waals surface area contributed by atoms with Crippen LogP contribution in [0.5, 0.6) is 0 Å². The highest BCUT2D eigenvalue weighted by Crippen LogP contribution is 2.23. The zero-order valence-electron chi connectivity index (χ0n) is 12.1. The molecular formula is C17H23FN2. The molecule has 2 unspecified atom stereocenters. The number of benzene rings is 1. The largest absolute Gasteiger partial charge is 0.346 e. The van der Waals surface area contributed by atoms with E-state index < -0.39 is 0 Å². The Labute approximate surface area is 120 Å². The van der Waals surface area contributed by atoms with E-state index >= 15 is 0 Å². The van der Waals surface area contributed by atoms with Gasteiger partial charge >= 0.3 is 0 Å². The van der Waals surface area contributed by atoms with Crippen LogP contribution in [0.4, 0.5) is 4.39 Å². The quantitative estimate of drug-likeness (QED) is 0.893. The van der Waals surface area contributed by atoms with Crippen molar-refractivity contribution in [1.82, 2.24) is 9.88 Å². The van der Waals surface area contributed by atoms with Crippen LogP contribution in [0.2, 0.25) is 0 Å². The average Bonchev–Trinajstić information content (AvgIpc) is 2.83. The molecule has 0 aliphatic heterocycles. The van der Waals surface area contributed by atoms with Gasteiger partial charge in [0.1, 0.15) is 5.82 Å². The van der Waals surface area contributed by atoms with Crippen molar-refractivity contribution >= 4 is 10.9 Å². The topological polar surface area (TPSA) is 17.0 Å². The summed E-state index contributed by atoms with van der Waals surface area (Å²) in [5, 5.41) is 4.67. The van der Waals surface area contributed by atoms with Gasteiger partial charge in [0.05, 0.1) is 0 Å². The molecule has 1 saturated carbocycles. The number of nitrogens with zero attached hydrogens (tertiary/aromatic N) is 1. The van der Waals surface area contributed by atoms with Crippen LogP contribution in [0.1, 0.15) is 32.6 Å². The van der Waals surface area contributed by atoms with Crippen molar-refractivity contribution in [1.29, 1.82) is 0 Å². The third-order valence-electron chi connectivity index (χ3n) is 4.60. The first kappa shape index (κ1) is 13.6. The molecule has 108 valence electrons. The third kappa shape index (κ3) is 2.88. The molecule has 1 aliphatic carbocycles. The molecule has 0 amide bonds. The SMILES string of the molecule is CC1CCCCC1NCCn1ccc2cc(F)ccc21. The van der Waals surface area contributed by atoms with Crippen molar-refractivity contribution in [2.24, 2.45) is 5.92 Å². The number of hydrogen-bond acceptors (Lipinski definition) is 1. The van der Waals surface area contributed by atoms with Gasteiger partial charge in [-0.15, -0.1) is 0 Å². The first-order valence-corrected chi connectivity index (χ1v) is 7.72. The Hall–Kier alpha value is -1.35. The van der Waals surface area contributed by atoms with Crippen molar-refractivity contribution < 1.29 is 4.39 Å². The van der Waals surface area contributed by atoms with Gasteiger partial charge in [-0.3, -0.25) is 0 Å². The smallest absolute Gasteiger partial charge is 0.123 e. The van der Waals surface area contributed by atoms with Gasteiger partial charge in [-0.2, -0.15) is 0 Å². The molecule has 3 rings (SSSR count). The van der Waals surface area contributed by atoms with Crippen LogP contribution in [-0.2, 0) is 6.54 Å². The molecule has 1 aromatic heterocycles. The first-order valence-electron chi connectivity index (χ1n) is 7.72. The van der Waals surface area contributed by atoms with Gasteiger partial charge < -0.3 is 9.88 Å². The van der Waals surface area contributed by atoms with E-state index in [0.717, 1.165) is 29.9 Å². The minimum absolute atomic E-state index is 0.163. The molecule has 2 atom stereocenters. The Morgan fingerprint density at radius 3 is 2.95 bits per heavy atom. The summed E-state index contributed by atoms with van der Waals surface area (Å²) in [6.07, 6.45) is 7.44. The van der Waals surface area contributed by atoms with Crippen LogP contribution >= 0.6 is 0 Å². The van der Waals surface area contributed by atoms with Gasteiger partial charge in [0.15, 0.2) is 0 Å². The fourth-order valence-corrected chi connectivity index (χ4v) is 3.36. The van der Waals surface area contributed by atoms with E-state index in [1.165, 1.54) is 31.7 Å². The molecule has 2 aromatic rings. The fraction of sp³-hybridized carbons (Fsp3) is 0.529. The summed E-state index contributed by atoms with van der Waals surface area (Å²) in [6, 6.07) is 7.66. The zero-order valence-corrected chi connectivity index (χ0v) is 12.1. The zero-order chi connectivity index (χ0) is 13.9. The minimum atomic E-state index is -0.163. The molecule has 20 heavy (non-hydrogen) atoms. The first-order chi connectivity index (χ1) is 9.74. The van der Waals surface area contributed by atoms with Crippen molar-refractivity contribution in [2.45, 2.75) is 45.2 Å². The summed E-state index contributed by atoms with van der Waals surface area (Å²) in [4.78, 5) is 0. The summed E-state index contributed by atoms with van der Waals surface area (Å²) in [6.45, 7) is 4.28. The number of fused-ring (bicyclic) bond motifs is 1. The van der Waals surface area contributed by atoms with Gasteiger partial charge in [-0.05, 0) is 43.0 Å². The van der Waals surface area contributed by atoms with E-state index in [2.05, 4.69) is 23.0 Å². The molecule has 0 saturated heterocycles. The van der Waals surface area contributed by atoms with Gasteiger partial charge in [-0.25, -0.2) is 4.39 Å². The lowest BCUT2D eigenvalue weighted by atomic mass is 9.86. The lowest BCUT2D eigenvalue weighted by molar-refractivity contribution is 0.279. The molecule has 0 bridgehead atoms. The number of aromatic nitrogens is 1. The minimum Gasteiger partial charge on any atom is -0.346 e. The standard InChI is InChI=1S/C17H23FN2/c1-13-4-2-3-5-16(13)19-9-11-20-10-8-14-12-15(18)6-7-17(14)20/h6-8,10,12-13,16,19H,2-5,9,11H2,1H3. The molecule has 1 N–H and O–H groups in total. The van der Waals surface area contributed by atoms with Gasteiger partial charge in [0.25, 0.3) is 0 Å². The fourth-order valence-electron chi connectivity index (χ4n) is 3.36. The van der Waals surface area contributed by atoms with Crippen LogP contribution in [0, 0.1) is 11.7 Å². The van der Waals surface area contributed by atoms with E-state index in [0.29, 0.717) is 6.04 Å². The monoisotopic (exact) mass is 274 g/mol. The maximum Gasteiger partial charge on any atom is 0.123 e. The lowest BCUT2D eigenvalue weighted by Crippen LogP contribution is -2.38. The Bertz CT molecular complexity index is 575. The summed E-state index contributed by atoms with van der Waals surface area (Å²) in [7, 11) is 0. The third-order valence-corrected chi connectivity index (χ3v) is 4.60. The summed E-state index contributed by atoms with van der Waals surface area (Å²) in [5.74, 6) is 0.628. The summed E-state index contributed by atoms with van der Waals surface area (Å²) < 4.78 is 15.4. The van der Waals surface area contributed by atoms with Crippen molar-refractivity contribution in [3.63, 3.8) is 0 Å². The van der Waals surface area contributed by atoms with Crippen LogP contribution in [0.15, 0.2) is 30.5 Å². The lowest BCUT2D eigenvalue weighted by Gasteiger charge is -2.29. The van der Waals surface area contributed by atoms with Crippen molar-refractivity contribution in [3.05, 3.63) is 36.3 Å². The van der Waals surface area contributed by atoms with Gasteiger partial charge in [0.2, 0.25) is 0 Å². The molecule has 1 aliphatic rings. The van der Waals surface area contributed by atoms with E-state index in [-0.39, 0.29) is 5.82 Å². The second-order valence-corrected chi connectivity index (χ2v) is 6.03. The van der Waals surface area contributed by atoms with E-state index in [1.54, 1.807) is 6.07 Å². The average molecular weight is 274 g/mol. The highest BCUT2D eigenvalue weighted by Gasteiger charge is 2.20. The maximum atomic E-state index is 13.2. The molecule has 1 fully saturated rings. The molecule has 0 spiro atoms. The molecule has 2 nitrogen and oxygen atoms in total. The number of halogens is 1. The van der Waals surface area contributed by atoms with Crippen LogP contribution in [0.3, 0.4) is 0 Å². The Kier molecular flexibility index (Phi) is 4.06. The molecule has 0 radical (unpaired) electrons. The van der Waals surface area contributed by atoms with E-state index in [4.69, 9.17) is 0 Å². The predicted molar refractivity (Wildman–Crippen MR) is 81.3 cm³/mol. The highest BCUT2D eigenvalue weighted by atomic mass is 19.1. The van der Waals surface area contributed by atoms with Crippen LogP contribution in [0.25, 0.3) is 10.9 Å². The van der Waals surface area contributed by atoms with Crippen LogP contribution < -0.4 is 5.32 Å². The molecule has 1 aromatic carbocycles. The molecule has 1 heterocycles. The normalized spacial score (nSPS) is 23.3. The van der Waals surface area contributed by atoms with E-state index in [1.807, 2.05) is 12.1 Å². The number of rotatable bonds is 4. The summed E-state index contributed by atoms with van der Waals surface area (Å²) >= 11 is 0. The van der Waals surface area contributed by atoms with E-state index in [9.17, 15) is 4.39 Å². The number of nitrogens with one attached hydrogen (secondary N) is 1. The van der Waals surface area contributed by atoms with Crippen molar-refractivity contribution in [3.8, 4) is 0 Å². The second-order valence-electron chi connectivity index (χ2n) is 6.03. The highest BCUT2D eigenvalue weighted by molar-refractivity contribution is 5.80. The Morgan fingerprint density at radius 1 is 1.25 bits per heavy atom. The number of hydrogen-bond donors (Lipinski definition) is 1. The van der Waals surface area contributed by atoms with Crippen molar-refractivity contribution in [2.75, 3.05) is 6.54 Å². The van der Waals surface area contributed by atoms with Gasteiger partial charge in [-0.1, -0.05) is 19.8 Å². The predicted octanol–water partition coefficient (Wildman–Crippen LogP) is 3.95. The Balaban J connectivity index is 1.59. The molecular weight excluding hydrogens is 251 g/mol. The maximum absolute atomic E-state index is 13.2. The molecule has 3 heteroatoms.